The van der Waals surface area contributed by atoms with Gasteiger partial charge in [0.05, 0.1) is 5.56 Å². The summed E-state index contributed by atoms with van der Waals surface area (Å²) in [6.07, 6.45) is 2.01. The lowest BCUT2D eigenvalue weighted by Crippen LogP contribution is -2.19. The molecule has 13 heavy (non-hydrogen) atoms. The van der Waals surface area contributed by atoms with Gasteiger partial charge in [0.15, 0.2) is 6.29 Å². The number of halogens is 1. The van der Waals surface area contributed by atoms with Crippen LogP contribution in [0.25, 0.3) is 0 Å². The van der Waals surface area contributed by atoms with Gasteiger partial charge in [0.25, 0.3) is 0 Å². The highest BCUT2D eigenvalue weighted by atomic mass is 35.5. The highest BCUT2D eigenvalue weighted by Crippen LogP contribution is 2.19. The van der Waals surface area contributed by atoms with Gasteiger partial charge >= 0.3 is 0 Å². The maximum Gasteiger partial charge on any atom is 0.156 e. The Morgan fingerprint density at radius 2 is 2.31 bits per heavy atom. The number of hydrogen-bond donors (Lipinski definition) is 0. The van der Waals surface area contributed by atoms with Gasteiger partial charge in [0.1, 0.15) is 17.3 Å². The maximum absolute atomic E-state index is 10.7. The van der Waals surface area contributed by atoms with Crippen LogP contribution in [0.3, 0.4) is 0 Å². The molecule has 0 aliphatic carbocycles. The van der Waals surface area contributed by atoms with Gasteiger partial charge in [0.2, 0.25) is 0 Å². The summed E-state index contributed by atoms with van der Waals surface area (Å²) in [6, 6.07) is 0. The molecular weight excluding hydrogens is 190 g/mol. The Bertz CT molecular complexity index is 316. The van der Waals surface area contributed by atoms with Crippen LogP contribution in [0.2, 0.25) is 5.15 Å². The number of nitrogens with zero attached hydrogens (tertiary/aromatic N) is 3. The minimum absolute atomic E-state index is 0.195. The van der Waals surface area contributed by atoms with E-state index in [0.717, 1.165) is 6.54 Å². The number of rotatable bonds is 3. The fourth-order valence-electron chi connectivity index (χ4n) is 0.921. The van der Waals surface area contributed by atoms with Gasteiger partial charge in [-0.1, -0.05) is 11.6 Å². The summed E-state index contributed by atoms with van der Waals surface area (Å²) in [4.78, 5) is 20.2. The predicted octanol–water partition coefficient (Wildman–Crippen LogP) is 1.40. The molecule has 0 bridgehead atoms. The Balaban J connectivity index is 3.19. The summed E-state index contributed by atoms with van der Waals surface area (Å²) >= 11 is 5.72. The third-order valence-corrected chi connectivity index (χ3v) is 2.07. The summed E-state index contributed by atoms with van der Waals surface area (Å²) in [5, 5.41) is 0.195. The normalized spacial score (nSPS) is 9.77. The Hall–Kier alpha value is -1.16. The van der Waals surface area contributed by atoms with Crippen LogP contribution in [0.5, 0.6) is 0 Å². The van der Waals surface area contributed by atoms with Crippen molar-refractivity contribution in [2.24, 2.45) is 0 Å². The van der Waals surface area contributed by atoms with Crippen LogP contribution >= 0.6 is 11.6 Å². The van der Waals surface area contributed by atoms with Gasteiger partial charge in [-0.15, -0.1) is 0 Å². The first kappa shape index (κ1) is 9.92. The van der Waals surface area contributed by atoms with Gasteiger partial charge < -0.3 is 4.90 Å². The summed E-state index contributed by atoms with van der Waals surface area (Å²) in [5.41, 5.74) is 0.341. The van der Waals surface area contributed by atoms with Gasteiger partial charge in [-0.2, -0.15) is 0 Å². The van der Waals surface area contributed by atoms with Crippen molar-refractivity contribution in [2.45, 2.75) is 6.92 Å². The Labute approximate surface area is 81.6 Å². The molecule has 5 heteroatoms. The topological polar surface area (TPSA) is 46.1 Å². The zero-order valence-corrected chi connectivity index (χ0v) is 8.25. The Kier molecular flexibility index (Phi) is 3.19. The molecule has 0 spiro atoms. The minimum Gasteiger partial charge on any atom is -0.359 e. The van der Waals surface area contributed by atoms with Crippen LogP contribution in [0, 0.1) is 0 Å². The average molecular weight is 200 g/mol. The first-order chi connectivity index (χ1) is 6.20. The number of carbonyl (C=O) groups is 1. The van der Waals surface area contributed by atoms with Crippen molar-refractivity contribution in [3.8, 4) is 0 Å². The smallest absolute Gasteiger partial charge is 0.156 e. The number of anilines is 1. The van der Waals surface area contributed by atoms with Crippen LogP contribution in [0.15, 0.2) is 6.33 Å². The van der Waals surface area contributed by atoms with Crippen molar-refractivity contribution in [2.75, 3.05) is 18.5 Å². The fourth-order valence-corrected chi connectivity index (χ4v) is 1.09. The second kappa shape index (κ2) is 4.18. The lowest BCUT2D eigenvalue weighted by Gasteiger charge is -2.16. The highest BCUT2D eigenvalue weighted by Gasteiger charge is 2.11. The molecule has 0 amide bonds. The van der Waals surface area contributed by atoms with E-state index >= 15 is 0 Å². The molecule has 1 aromatic rings. The third-order valence-electron chi connectivity index (χ3n) is 1.77. The average Bonchev–Trinajstić information content (AvgIpc) is 2.16. The largest absolute Gasteiger partial charge is 0.359 e. The van der Waals surface area contributed by atoms with Crippen molar-refractivity contribution >= 4 is 23.7 Å². The zero-order chi connectivity index (χ0) is 9.84. The Morgan fingerprint density at radius 1 is 1.62 bits per heavy atom. The molecule has 0 saturated carbocycles. The highest BCUT2D eigenvalue weighted by molar-refractivity contribution is 6.32. The first-order valence-corrected chi connectivity index (χ1v) is 4.25. The van der Waals surface area contributed by atoms with Crippen LogP contribution in [0.4, 0.5) is 5.82 Å². The van der Waals surface area contributed by atoms with E-state index in [1.165, 1.54) is 6.33 Å². The van der Waals surface area contributed by atoms with Crippen molar-refractivity contribution in [1.29, 1.82) is 0 Å². The van der Waals surface area contributed by atoms with Gasteiger partial charge in [-0.05, 0) is 6.92 Å². The van der Waals surface area contributed by atoms with Crippen LogP contribution in [-0.2, 0) is 0 Å². The van der Waals surface area contributed by atoms with E-state index in [2.05, 4.69) is 9.97 Å². The molecule has 1 rings (SSSR count). The molecule has 4 nitrogen and oxygen atoms in total. The molecule has 0 N–H and O–H groups in total. The lowest BCUT2D eigenvalue weighted by atomic mass is 10.3. The van der Waals surface area contributed by atoms with Gasteiger partial charge in [-0.25, -0.2) is 9.97 Å². The van der Waals surface area contributed by atoms with Crippen molar-refractivity contribution in [3.63, 3.8) is 0 Å². The van der Waals surface area contributed by atoms with E-state index in [1.54, 1.807) is 0 Å². The maximum atomic E-state index is 10.7. The summed E-state index contributed by atoms with van der Waals surface area (Å²) in [7, 11) is 1.84. The second-order valence-corrected chi connectivity index (χ2v) is 2.89. The monoisotopic (exact) mass is 199 g/mol. The number of aldehydes is 1. The van der Waals surface area contributed by atoms with Crippen LogP contribution < -0.4 is 4.90 Å². The van der Waals surface area contributed by atoms with E-state index in [-0.39, 0.29) is 5.15 Å². The third kappa shape index (κ3) is 1.95. The van der Waals surface area contributed by atoms with Crippen molar-refractivity contribution < 1.29 is 4.79 Å². The number of hydrogen-bond acceptors (Lipinski definition) is 4. The molecule has 0 aromatic carbocycles. The molecule has 0 unspecified atom stereocenters. The summed E-state index contributed by atoms with van der Waals surface area (Å²) < 4.78 is 0. The SMILES string of the molecule is CCN(C)c1ncnc(Cl)c1C=O. The molecule has 1 heterocycles. The van der Waals surface area contributed by atoms with Gasteiger partial charge in [-0.3, -0.25) is 4.79 Å². The quantitative estimate of drug-likeness (QED) is 0.545. The molecular formula is C8H10ClN3O. The Morgan fingerprint density at radius 3 is 2.85 bits per heavy atom. The van der Waals surface area contributed by atoms with Crippen molar-refractivity contribution in [1.82, 2.24) is 9.97 Å². The standard InChI is InChI=1S/C8H10ClN3O/c1-3-12(2)8-6(4-13)7(9)10-5-11-8/h4-5H,3H2,1-2H3. The molecule has 0 radical (unpaired) electrons. The second-order valence-electron chi connectivity index (χ2n) is 2.53. The van der Waals surface area contributed by atoms with E-state index in [4.69, 9.17) is 11.6 Å². The molecule has 1 aromatic heterocycles. The predicted molar refractivity (Wildman–Crippen MR) is 51.4 cm³/mol. The molecule has 0 saturated heterocycles. The molecule has 70 valence electrons. The number of carbonyl (C=O) groups excluding carboxylic acids is 1. The van der Waals surface area contributed by atoms with E-state index in [1.807, 2.05) is 18.9 Å². The first-order valence-electron chi connectivity index (χ1n) is 3.87. The van der Waals surface area contributed by atoms with Crippen LogP contribution in [0.1, 0.15) is 17.3 Å². The molecule has 0 atom stereocenters. The fraction of sp³-hybridized carbons (Fsp3) is 0.375. The molecule has 0 aliphatic heterocycles. The van der Waals surface area contributed by atoms with Gasteiger partial charge in [0, 0.05) is 13.6 Å². The number of aromatic nitrogens is 2. The lowest BCUT2D eigenvalue weighted by molar-refractivity contribution is 0.112. The molecule has 0 aliphatic rings. The van der Waals surface area contributed by atoms with E-state index < -0.39 is 0 Å². The minimum atomic E-state index is 0.195. The summed E-state index contributed by atoms with van der Waals surface area (Å²) in [5.74, 6) is 0.567. The zero-order valence-electron chi connectivity index (χ0n) is 7.49. The summed E-state index contributed by atoms with van der Waals surface area (Å²) in [6.45, 7) is 2.72. The van der Waals surface area contributed by atoms with Crippen LogP contribution in [-0.4, -0.2) is 29.8 Å². The van der Waals surface area contributed by atoms with E-state index in [0.29, 0.717) is 17.7 Å². The van der Waals surface area contributed by atoms with Crippen molar-refractivity contribution in [3.05, 3.63) is 17.0 Å². The molecule has 0 fully saturated rings. The van der Waals surface area contributed by atoms with E-state index in [9.17, 15) is 4.79 Å².